The molecule has 0 saturated heterocycles. The third-order valence-corrected chi connectivity index (χ3v) is 4.95. The molecule has 0 atom stereocenters. The van der Waals surface area contributed by atoms with E-state index in [1.807, 2.05) is 60.7 Å². The second-order valence-corrected chi connectivity index (χ2v) is 7.63. The van der Waals surface area contributed by atoms with E-state index in [1.165, 1.54) is 12.2 Å². The maximum atomic E-state index is 12.4. The van der Waals surface area contributed by atoms with E-state index < -0.39 is 11.9 Å². The number of esters is 2. The van der Waals surface area contributed by atoms with E-state index in [1.54, 1.807) is 38.1 Å². The summed E-state index contributed by atoms with van der Waals surface area (Å²) in [5.41, 5.74) is 2.26. The fraction of sp³-hybridized carbons (Fsp3) is 0.167. The van der Waals surface area contributed by atoms with E-state index in [-0.39, 0.29) is 17.9 Å². The van der Waals surface area contributed by atoms with Crippen LogP contribution in [0.4, 0.5) is 0 Å². The predicted octanol–water partition coefficient (Wildman–Crippen LogP) is 5.75. The molecule has 3 aromatic carbocycles. The zero-order valence-corrected chi connectivity index (χ0v) is 20.7. The molecule has 0 radical (unpaired) electrons. The third kappa shape index (κ3) is 8.41. The van der Waals surface area contributed by atoms with Gasteiger partial charge in [-0.2, -0.15) is 5.26 Å². The average Bonchev–Trinajstić information content (AvgIpc) is 2.92. The molecule has 7 heteroatoms. The SMILES string of the molecule is CCOC(=O)/C(C#N)=C/c1ccc(OC(=O)/C=C/c2ccc(OCc3ccccc3)cc2)c(OCC)c1. The highest BCUT2D eigenvalue weighted by Gasteiger charge is 2.13. The van der Waals surface area contributed by atoms with Crippen LogP contribution in [0, 0.1) is 11.3 Å². The van der Waals surface area contributed by atoms with Crippen LogP contribution in [0.15, 0.2) is 84.4 Å². The van der Waals surface area contributed by atoms with Gasteiger partial charge >= 0.3 is 11.9 Å². The molecule has 0 saturated carbocycles. The van der Waals surface area contributed by atoms with Crippen LogP contribution in [0.1, 0.15) is 30.5 Å². The number of rotatable bonds is 11. The zero-order chi connectivity index (χ0) is 26.5. The molecule has 0 N–H and O–H groups in total. The molecule has 3 rings (SSSR count). The van der Waals surface area contributed by atoms with Crippen molar-refractivity contribution in [2.24, 2.45) is 0 Å². The maximum Gasteiger partial charge on any atom is 0.348 e. The van der Waals surface area contributed by atoms with Crippen molar-refractivity contribution in [3.8, 4) is 23.3 Å². The molecule has 0 aliphatic heterocycles. The Morgan fingerprint density at radius 3 is 2.27 bits per heavy atom. The van der Waals surface area contributed by atoms with Crippen LogP contribution in [0.2, 0.25) is 0 Å². The van der Waals surface area contributed by atoms with Crippen molar-refractivity contribution in [3.05, 3.63) is 101 Å². The van der Waals surface area contributed by atoms with Crippen LogP contribution in [0.25, 0.3) is 12.2 Å². The van der Waals surface area contributed by atoms with Crippen molar-refractivity contribution in [3.63, 3.8) is 0 Å². The van der Waals surface area contributed by atoms with Gasteiger partial charge in [0.15, 0.2) is 11.5 Å². The molecule has 0 amide bonds. The molecule has 0 unspecified atom stereocenters. The highest BCUT2D eigenvalue weighted by molar-refractivity contribution is 5.98. The van der Waals surface area contributed by atoms with Gasteiger partial charge in [-0.05, 0) is 67.0 Å². The van der Waals surface area contributed by atoms with Gasteiger partial charge in [0.25, 0.3) is 0 Å². The van der Waals surface area contributed by atoms with Crippen molar-refractivity contribution in [2.75, 3.05) is 13.2 Å². The summed E-state index contributed by atoms with van der Waals surface area (Å²) in [4.78, 5) is 24.3. The monoisotopic (exact) mass is 497 g/mol. The Bertz CT molecular complexity index is 1300. The second-order valence-electron chi connectivity index (χ2n) is 7.63. The minimum atomic E-state index is -0.709. The molecular formula is C30H27NO6. The first kappa shape index (κ1) is 26.8. The van der Waals surface area contributed by atoms with Gasteiger partial charge in [-0.3, -0.25) is 0 Å². The molecule has 0 fully saturated rings. The Balaban J connectivity index is 1.64. The lowest BCUT2D eigenvalue weighted by molar-refractivity contribution is -0.138. The number of nitriles is 1. The molecule has 0 aliphatic carbocycles. The Morgan fingerprint density at radius 1 is 0.865 bits per heavy atom. The predicted molar refractivity (Wildman–Crippen MR) is 140 cm³/mol. The first-order valence-electron chi connectivity index (χ1n) is 11.7. The molecule has 0 heterocycles. The van der Waals surface area contributed by atoms with Gasteiger partial charge in [-0.15, -0.1) is 0 Å². The number of hydrogen-bond donors (Lipinski definition) is 0. The summed E-state index contributed by atoms with van der Waals surface area (Å²) in [6.45, 7) is 4.42. The second kappa shape index (κ2) is 13.9. The molecule has 0 bridgehead atoms. The van der Waals surface area contributed by atoms with Crippen molar-refractivity contribution in [2.45, 2.75) is 20.5 Å². The van der Waals surface area contributed by atoms with Crippen LogP contribution in [0.5, 0.6) is 17.2 Å². The fourth-order valence-electron chi connectivity index (χ4n) is 3.20. The molecule has 37 heavy (non-hydrogen) atoms. The van der Waals surface area contributed by atoms with Gasteiger partial charge in [0.05, 0.1) is 13.2 Å². The summed E-state index contributed by atoms with van der Waals surface area (Å²) in [7, 11) is 0. The molecule has 3 aromatic rings. The van der Waals surface area contributed by atoms with E-state index >= 15 is 0 Å². The smallest absolute Gasteiger partial charge is 0.348 e. The molecule has 7 nitrogen and oxygen atoms in total. The fourth-order valence-corrected chi connectivity index (χ4v) is 3.20. The van der Waals surface area contributed by atoms with Crippen LogP contribution in [0.3, 0.4) is 0 Å². The summed E-state index contributed by atoms with van der Waals surface area (Å²) in [6, 6.07) is 23.8. The van der Waals surface area contributed by atoms with E-state index in [2.05, 4.69) is 0 Å². The van der Waals surface area contributed by atoms with Crippen molar-refractivity contribution < 1.29 is 28.5 Å². The maximum absolute atomic E-state index is 12.4. The Labute approximate surface area is 216 Å². The molecule has 0 spiro atoms. The summed E-state index contributed by atoms with van der Waals surface area (Å²) in [6.07, 6.45) is 4.34. The van der Waals surface area contributed by atoms with E-state index in [0.29, 0.717) is 24.5 Å². The average molecular weight is 498 g/mol. The number of ether oxygens (including phenoxy) is 4. The summed E-state index contributed by atoms with van der Waals surface area (Å²) < 4.78 is 21.7. The van der Waals surface area contributed by atoms with E-state index in [4.69, 9.17) is 18.9 Å². The number of carbonyl (C=O) groups is 2. The largest absolute Gasteiger partial charge is 0.490 e. The zero-order valence-electron chi connectivity index (χ0n) is 20.7. The molecule has 188 valence electrons. The van der Waals surface area contributed by atoms with Gasteiger partial charge < -0.3 is 18.9 Å². The highest BCUT2D eigenvalue weighted by atomic mass is 16.6. The highest BCUT2D eigenvalue weighted by Crippen LogP contribution is 2.30. The Hall–Kier alpha value is -4.83. The standard InChI is InChI=1S/C30H27NO6/c1-3-34-28-19-24(18-25(20-31)30(33)35-4-2)12-16-27(28)37-29(32)17-13-22-10-14-26(15-11-22)36-21-23-8-6-5-7-9-23/h5-19H,3-4,21H2,1-2H3/b17-13+,25-18+. The van der Waals surface area contributed by atoms with Crippen LogP contribution >= 0.6 is 0 Å². The molecule has 0 aromatic heterocycles. The number of hydrogen-bond acceptors (Lipinski definition) is 7. The number of nitrogens with zero attached hydrogens (tertiary/aromatic N) is 1. The van der Waals surface area contributed by atoms with Gasteiger partial charge in [-0.1, -0.05) is 48.5 Å². The molecule has 0 aliphatic rings. The molecular weight excluding hydrogens is 470 g/mol. The topological polar surface area (TPSA) is 94.9 Å². The lowest BCUT2D eigenvalue weighted by Crippen LogP contribution is -2.07. The van der Waals surface area contributed by atoms with E-state index in [0.717, 1.165) is 16.9 Å². The van der Waals surface area contributed by atoms with Crippen LogP contribution in [-0.4, -0.2) is 25.2 Å². The Kier molecular flexibility index (Phi) is 10.1. The van der Waals surface area contributed by atoms with E-state index in [9.17, 15) is 14.9 Å². The summed E-state index contributed by atoms with van der Waals surface area (Å²) in [5, 5.41) is 9.24. The van der Waals surface area contributed by atoms with Gasteiger partial charge in [0.2, 0.25) is 0 Å². The van der Waals surface area contributed by atoms with Crippen molar-refractivity contribution in [1.29, 1.82) is 5.26 Å². The van der Waals surface area contributed by atoms with Gasteiger partial charge in [0, 0.05) is 6.08 Å². The first-order chi connectivity index (χ1) is 18.0. The number of benzene rings is 3. The summed E-state index contributed by atoms with van der Waals surface area (Å²) in [5.74, 6) is -0.0501. The van der Waals surface area contributed by atoms with Gasteiger partial charge in [-0.25, -0.2) is 9.59 Å². The quantitative estimate of drug-likeness (QED) is 0.144. The third-order valence-electron chi connectivity index (χ3n) is 4.95. The Morgan fingerprint density at radius 2 is 1.59 bits per heavy atom. The van der Waals surface area contributed by atoms with Crippen LogP contribution in [-0.2, 0) is 20.9 Å². The lowest BCUT2D eigenvalue weighted by atomic mass is 10.1. The normalized spacial score (nSPS) is 11.0. The minimum absolute atomic E-state index is 0.145. The van der Waals surface area contributed by atoms with Crippen molar-refractivity contribution >= 4 is 24.1 Å². The first-order valence-corrected chi connectivity index (χ1v) is 11.7. The van der Waals surface area contributed by atoms with Crippen LogP contribution < -0.4 is 14.2 Å². The van der Waals surface area contributed by atoms with Gasteiger partial charge in [0.1, 0.15) is 24.0 Å². The lowest BCUT2D eigenvalue weighted by Gasteiger charge is -2.10. The summed E-state index contributed by atoms with van der Waals surface area (Å²) >= 11 is 0. The minimum Gasteiger partial charge on any atom is -0.490 e. The van der Waals surface area contributed by atoms with Crippen molar-refractivity contribution in [1.82, 2.24) is 0 Å². The number of carbonyl (C=O) groups excluding carboxylic acids is 2.